The number of ether oxygens (including phenoxy) is 1. The summed E-state index contributed by atoms with van der Waals surface area (Å²) in [4.78, 5) is 27.8. The molecule has 0 saturated carbocycles. The molecule has 1 fully saturated rings. The zero-order valence-corrected chi connectivity index (χ0v) is 24.6. The average Bonchev–Trinajstić information content (AvgIpc) is 3.76. The molecule has 2 atom stereocenters. The van der Waals surface area contributed by atoms with Crippen molar-refractivity contribution in [3.63, 3.8) is 0 Å². The Hall–Kier alpha value is -5.67. The number of rotatable bonds is 11. The van der Waals surface area contributed by atoms with Gasteiger partial charge in [0.2, 0.25) is 5.95 Å². The fraction of sp³-hybridized carbons (Fsp3) is 0.242. The number of nitrogens with one attached hydrogen (secondary N) is 1. The topological polar surface area (TPSA) is 155 Å². The van der Waals surface area contributed by atoms with Gasteiger partial charge in [0.15, 0.2) is 0 Å². The first-order chi connectivity index (χ1) is 22.0. The molecule has 4 heterocycles. The quantitative estimate of drug-likeness (QED) is 0.221. The highest BCUT2D eigenvalue weighted by molar-refractivity contribution is 5.72. The maximum atomic E-state index is 11.4. The second-order valence-electron chi connectivity index (χ2n) is 10.8. The van der Waals surface area contributed by atoms with E-state index in [0.717, 1.165) is 22.6 Å². The molecular weight excluding hydrogens is 570 g/mol. The van der Waals surface area contributed by atoms with Crippen LogP contribution >= 0.6 is 0 Å². The molecule has 1 aliphatic rings. The van der Waals surface area contributed by atoms with Crippen LogP contribution in [0.2, 0.25) is 0 Å². The van der Waals surface area contributed by atoms with Gasteiger partial charge >= 0.3 is 5.97 Å². The molecule has 0 aliphatic carbocycles. The second kappa shape index (κ2) is 13.3. The number of hydrogen-bond acceptors (Lipinski definition) is 10. The largest absolute Gasteiger partial charge is 0.481 e. The number of aliphatic carboxylic acids is 1. The highest BCUT2D eigenvalue weighted by Crippen LogP contribution is 2.27. The molecule has 45 heavy (non-hydrogen) atoms. The Morgan fingerprint density at radius 2 is 1.87 bits per heavy atom. The maximum Gasteiger partial charge on any atom is 0.308 e. The summed E-state index contributed by atoms with van der Waals surface area (Å²) in [6.45, 7) is 1.86. The Balaban J connectivity index is 1.29. The first-order valence-corrected chi connectivity index (χ1v) is 14.5. The van der Waals surface area contributed by atoms with E-state index in [1.54, 1.807) is 30.1 Å². The van der Waals surface area contributed by atoms with Crippen molar-refractivity contribution in [3.8, 4) is 28.7 Å². The number of anilines is 2. The number of methoxy groups -OCH3 is 1. The lowest BCUT2D eigenvalue weighted by Crippen LogP contribution is -2.23. The molecule has 226 valence electrons. The minimum absolute atomic E-state index is 0.208. The lowest BCUT2D eigenvalue weighted by Gasteiger charge is -2.19. The van der Waals surface area contributed by atoms with Gasteiger partial charge in [0.05, 0.1) is 60.0 Å². The molecule has 1 aliphatic heterocycles. The van der Waals surface area contributed by atoms with Gasteiger partial charge in [0, 0.05) is 25.8 Å². The standard InChI is InChI=1S/C33H31N9O3/c1-45-21-30(23-8-3-2-4-9-23)38-33-36-27(24-10-5-7-22(15-24)17-34)16-28(37-33)29-20-42(40-39-29)19-26-11-6-12-31(35-26)41-14-13-25(18-41)32(43)44/h2-12,15-16,20,25,30H,13-14,18-19,21H2,1H3,(H,43,44)(H,36,37,38)/t25-,30-/m0/s1. The third-order valence-electron chi connectivity index (χ3n) is 7.63. The number of carbonyl (C=O) groups is 1. The Labute approximate surface area is 260 Å². The molecule has 3 aromatic heterocycles. The zero-order valence-electron chi connectivity index (χ0n) is 24.6. The van der Waals surface area contributed by atoms with E-state index in [1.165, 1.54) is 0 Å². The van der Waals surface area contributed by atoms with E-state index in [1.807, 2.05) is 71.6 Å². The number of nitrogens with zero attached hydrogens (tertiary/aromatic N) is 8. The molecule has 6 rings (SSSR count). The summed E-state index contributed by atoms with van der Waals surface area (Å²) >= 11 is 0. The number of carboxylic acid groups (broad SMARTS) is 1. The van der Waals surface area contributed by atoms with Crippen molar-refractivity contribution < 1.29 is 14.6 Å². The van der Waals surface area contributed by atoms with Crippen LogP contribution in [0, 0.1) is 17.2 Å². The normalized spacial score (nSPS) is 15.0. The van der Waals surface area contributed by atoms with E-state index in [-0.39, 0.29) is 12.0 Å². The zero-order chi connectivity index (χ0) is 31.2. The van der Waals surface area contributed by atoms with Gasteiger partial charge in [-0.15, -0.1) is 5.10 Å². The average molecular weight is 602 g/mol. The summed E-state index contributed by atoms with van der Waals surface area (Å²) in [5, 5.41) is 31.0. The molecule has 12 nitrogen and oxygen atoms in total. The number of nitriles is 1. The Bertz CT molecular complexity index is 1840. The van der Waals surface area contributed by atoms with Crippen LogP contribution in [-0.2, 0) is 16.1 Å². The van der Waals surface area contributed by atoms with Gasteiger partial charge in [0.1, 0.15) is 11.5 Å². The van der Waals surface area contributed by atoms with Crippen molar-refractivity contribution in [2.45, 2.75) is 19.0 Å². The van der Waals surface area contributed by atoms with Gasteiger partial charge < -0.3 is 20.1 Å². The molecule has 0 bridgehead atoms. The van der Waals surface area contributed by atoms with Gasteiger partial charge in [-0.25, -0.2) is 19.6 Å². The van der Waals surface area contributed by atoms with E-state index in [4.69, 9.17) is 19.7 Å². The number of carboxylic acids is 1. The van der Waals surface area contributed by atoms with Crippen LogP contribution in [0.25, 0.3) is 22.6 Å². The Kier molecular flexibility index (Phi) is 8.70. The molecule has 5 aromatic rings. The minimum atomic E-state index is -0.776. The first-order valence-electron chi connectivity index (χ1n) is 14.5. The maximum absolute atomic E-state index is 11.4. The summed E-state index contributed by atoms with van der Waals surface area (Å²) < 4.78 is 7.18. The van der Waals surface area contributed by atoms with E-state index in [2.05, 4.69) is 21.7 Å². The smallest absolute Gasteiger partial charge is 0.308 e. The van der Waals surface area contributed by atoms with Crippen LogP contribution < -0.4 is 10.2 Å². The summed E-state index contributed by atoms with van der Waals surface area (Å²) in [5.74, 6) is -0.0336. The van der Waals surface area contributed by atoms with Crippen molar-refractivity contribution >= 4 is 17.7 Å². The predicted octanol–water partition coefficient (Wildman–Crippen LogP) is 4.43. The lowest BCUT2D eigenvalue weighted by molar-refractivity contribution is -0.140. The second-order valence-corrected chi connectivity index (χ2v) is 10.8. The summed E-state index contributed by atoms with van der Waals surface area (Å²) in [5.41, 5.74) is 4.81. The van der Waals surface area contributed by atoms with Crippen LogP contribution in [0.3, 0.4) is 0 Å². The Morgan fingerprint density at radius 3 is 2.64 bits per heavy atom. The third kappa shape index (κ3) is 6.95. The number of pyridine rings is 1. The molecule has 12 heteroatoms. The third-order valence-corrected chi connectivity index (χ3v) is 7.63. The molecule has 0 radical (unpaired) electrons. The summed E-state index contributed by atoms with van der Waals surface area (Å²) in [6, 6.07) is 26.7. The van der Waals surface area contributed by atoms with Gasteiger partial charge in [-0.2, -0.15) is 5.26 Å². The van der Waals surface area contributed by atoms with Gasteiger partial charge in [-0.1, -0.05) is 53.7 Å². The molecule has 2 aromatic carbocycles. The van der Waals surface area contributed by atoms with Crippen molar-refractivity contribution in [1.82, 2.24) is 29.9 Å². The van der Waals surface area contributed by atoms with E-state index in [0.29, 0.717) is 61.3 Å². The highest BCUT2D eigenvalue weighted by Gasteiger charge is 2.28. The number of benzene rings is 2. The minimum Gasteiger partial charge on any atom is -0.481 e. The number of aromatic nitrogens is 6. The number of hydrogen-bond donors (Lipinski definition) is 2. The van der Waals surface area contributed by atoms with Gasteiger partial charge in [-0.05, 0) is 42.3 Å². The SMILES string of the molecule is COC[C@H](Nc1nc(-c2cccc(C#N)c2)cc(-c2cn(Cc3cccc(N4CC[C@H](C(=O)O)C4)n3)nn2)n1)c1ccccc1. The fourth-order valence-corrected chi connectivity index (χ4v) is 5.33. The highest BCUT2D eigenvalue weighted by atomic mass is 16.5. The van der Waals surface area contributed by atoms with Gasteiger partial charge in [0.25, 0.3) is 0 Å². The van der Waals surface area contributed by atoms with E-state index < -0.39 is 5.97 Å². The monoisotopic (exact) mass is 601 g/mol. The summed E-state index contributed by atoms with van der Waals surface area (Å²) in [6.07, 6.45) is 2.40. The van der Waals surface area contributed by atoms with Crippen LogP contribution in [0.5, 0.6) is 0 Å². The van der Waals surface area contributed by atoms with Crippen molar-refractivity contribution in [1.29, 1.82) is 5.26 Å². The van der Waals surface area contributed by atoms with Crippen LogP contribution in [0.15, 0.2) is 85.1 Å². The van der Waals surface area contributed by atoms with Gasteiger partial charge in [-0.3, -0.25) is 4.79 Å². The van der Waals surface area contributed by atoms with Crippen LogP contribution in [0.4, 0.5) is 11.8 Å². The summed E-state index contributed by atoms with van der Waals surface area (Å²) in [7, 11) is 1.65. The van der Waals surface area contributed by atoms with Crippen molar-refractivity contribution in [3.05, 3.63) is 102 Å². The fourth-order valence-electron chi connectivity index (χ4n) is 5.33. The Morgan fingerprint density at radius 1 is 1.04 bits per heavy atom. The molecule has 0 amide bonds. The van der Waals surface area contributed by atoms with E-state index in [9.17, 15) is 15.2 Å². The van der Waals surface area contributed by atoms with Crippen LogP contribution in [-0.4, -0.2) is 67.8 Å². The molecule has 1 saturated heterocycles. The first kappa shape index (κ1) is 29.4. The molecule has 0 spiro atoms. The molecular formula is C33H31N9O3. The van der Waals surface area contributed by atoms with Crippen molar-refractivity contribution in [2.75, 3.05) is 37.0 Å². The molecule has 0 unspecified atom stereocenters. The lowest BCUT2D eigenvalue weighted by atomic mass is 10.1. The van der Waals surface area contributed by atoms with Crippen LogP contribution in [0.1, 0.15) is 29.3 Å². The van der Waals surface area contributed by atoms with Crippen molar-refractivity contribution in [2.24, 2.45) is 5.92 Å². The van der Waals surface area contributed by atoms with E-state index >= 15 is 0 Å². The predicted molar refractivity (Wildman–Crippen MR) is 167 cm³/mol. The molecule has 2 N–H and O–H groups in total.